The number of nitrogens with one attached hydrogen (secondary N) is 4. The van der Waals surface area contributed by atoms with Crippen LogP contribution in [0.15, 0.2) is 78.9 Å². The minimum atomic E-state index is -0.303. The van der Waals surface area contributed by atoms with E-state index < -0.39 is 0 Å². The highest BCUT2D eigenvalue weighted by Gasteiger charge is 2.10. The van der Waals surface area contributed by atoms with Gasteiger partial charge in [-0.15, -0.1) is 0 Å². The molecular weight excluding hydrogens is 364 g/mol. The van der Waals surface area contributed by atoms with Gasteiger partial charge in [-0.25, -0.2) is 9.59 Å². The van der Waals surface area contributed by atoms with Crippen molar-refractivity contribution in [3.63, 3.8) is 0 Å². The van der Waals surface area contributed by atoms with E-state index in [1.807, 2.05) is 67.6 Å². The Hall–Kier alpha value is -3.80. The minimum absolute atomic E-state index is 0.303. The normalized spacial score (nSPS) is 10.1. The monoisotopic (exact) mass is 388 g/mol. The van der Waals surface area contributed by atoms with Crippen LogP contribution in [0.5, 0.6) is 0 Å². The highest BCUT2D eigenvalue weighted by molar-refractivity contribution is 5.94. The summed E-state index contributed by atoms with van der Waals surface area (Å²) in [6.07, 6.45) is 0. The molecule has 29 heavy (non-hydrogen) atoms. The Morgan fingerprint density at radius 1 is 0.621 bits per heavy atom. The summed E-state index contributed by atoms with van der Waals surface area (Å²) >= 11 is 0. The Bertz CT molecular complexity index is 883. The van der Waals surface area contributed by atoms with Crippen LogP contribution in [0.2, 0.25) is 0 Å². The molecule has 3 rings (SSSR count). The third-order valence-corrected chi connectivity index (χ3v) is 4.42. The standard InChI is InChI=1S/C23H24N4O2/c1-17-20(26-22(28)24-15-18-9-4-2-5-10-18)13-8-14-21(17)27-23(29)25-16-19-11-6-3-7-12-19/h2-14H,15-16H2,1H3,(H2,24,26,28)(H2,25,27,29). The average Bonchev–Trinajstić information content (AvgIpc) is 2.75. The van der Waals surface area contributed by atoms with Gasteiger partial charge in [0.1, 0.15) is 0 Å². The molecule has 0 spiro atoms. The quantitative estimate of drug-likeness (QED) is 0.496. The van der Waals surface area contributed by atoms with Crippen LogP contribution in [0.4, 0.5) is 21.0 Å². The van der Waals surface area contributed by atoms with Crippen molar-refractivity contribution in [2.45, 2.75) is 20.0 Å². The first-order valence-electron chi connectivity index (χ1n) is 9.39. The van der Waals surface area contributed by atoms with Crippen molar-refractivity contribution < 1.29 is 9.59 Å². The summed E-state index contributed by atoms with van der Waals surface area (Å²) < 4.78 is 0. The lowest BCUT2D eigenvalue weighted by Crippen LogP contribution is -2.29. The summed E-state index contributed by atoms with van der Waals surface area (Å²) in [4.78, 5) is 24.4. The van der Waals surface area contributed by atoms with Gasteiger partial charge >= 0.3 is 12.1 Å². The van der Waals surface area contributed by atoms with Crippen molar-refractivity contribution in [3.05, 3.63) is 95.6 Å². The zero-order valence-electron chi connectivity index (χ0n) is 16.2. The number of amides is 4. The van der Waals surface area contributed by atoms with Gasteiger partial charge < -0.3 is 21.3 Å². The molecule has 4 amide bonds. The Morgan fingerprint density at radius 2 is 1.03 bits per heavy atom. The second-order valence-corrected chi connectivity index (χ2v) is 6.56. The highest BCUT2D eigenvalue weighted by atomic mass is 16.2. The Morgan fingerprint density at radius 3 is 1.45 bits per heavy atom. The molecule has 3 aromatic rings. The Labute approximate surface area is 170 Å². The summed E-state index contributed by atoms with van der Waals surface area (Å²) in [6, 6.07) is 24.1. The van der Waals surface area contributed by atoms with Crippen LogP contribution in [0, 0.1) is 6.92 Å². The molecule has 0 radical (unpaired) electrons. The smallest absolute Gasteiger partial charge is 0.319 e. The average molecular weight is 388 g/mol. The molecule has 0 saturated heterocycles. The molecule has 0 aromatic heterocycles. The van der Waals surface area contributed by atoms with Gasteiger partial charge in [-0.2, -0.15) is 0 Å². The predicted octanol–water partition coefficient (Wildman–Crippen LogP) is 4.64. The number of hydrogen-bond donors (Lipinski definition) is 4. The first-order valence-corrected chi connectivity index (χ1v) is 9.39. The van der Waals surface area contributed by atoms with E-state index >= 15 is 0 Å². The van der Waals surface area contributed by atoms with E-state index in [4.69, 9.17) is 0 Å². The van der Waals surface area contributed by atoms with Crippen molar-refractivity contribution in [1.29, 1.82) is 0 Å². The minimum Gasteiger partial charge on any atom is -0.334 e. The van der Waals surface area contributed by atoms with E-state index in [1.165, 1.54) is 0 Å². The summed E-state index contributed by atoms with van der Waals surface area (Å²) in [5, 5.41) is 11.3. The zero-order valence-corrected chi connectivity index (χ0v) is 16.2. The van der Waals surface area contributed by atoms with Crippen LogP contribution in [0.1, 0.15) is 16.7 Å². The van der Waals surface area contributed by atoms with Crippen molar-refractivity contribution >= 4 is 23.4 Å². The molecule has 0 fully saturated rings. The molecule has 0 unspecified atom stereocenters. The molecule has 0 heterocycles. The maximum Gasteiger partial charge on any atom is 0.319 e. The molecule has 0 aliphatic heterocycles. The molecule has 148 valence electrons. The molecule has 0 atom stereocenters. The van der Waals surface area contributed by atoms with Gasteiger partial charge in [0.15, 0.2) is 0 Å². The summed E-state index contributed by atoms with van der Waals surface area (Å²) in [7, 11) is 0. The van der Waals surface area contributed by atoms with E-state index in [2.05, 4.69) is 21.3 Å². The van der Waals surface area contributed by atoms with E-state index in [9.17, 15) is 9.59 Å². The van der Waals surface area contributed by atoms with Gasteiger partial charge in [0.25, 0.3) is 0 Å². The van der Waals surface area contributed by atoms with E-state index in [0.717, 1.165) is 16.7 Å². The van der Waals surface area contributed by atoms with Crippen molar-refractivity contribution in [2.24, 2.45) is 0 Å². The van der Waals surface area contributed by atoms with Crippen molar-refractivity contribution in [3.8, 4) is 0 Å². The lowest BCUT2D eigenvalue weighted by atomic mass is 10.1. The fraction of sp³-hybridized carbons (Fsp3) is 0.130. The summed E-state index contributed by atoms with van der Waals surface area (Å²) in [5.41, 5.74) is 4.08. The molecule has 0 aliphatic rings. The molecule has 3 aromatic carbocycles. The van der Waals surface area contributed by atoms with Gasteiger partial charge in [-0.05, 0) is 35.7 Å². The number of benzene rings is 3. The maximum absolute atomic E-state index is 12.2. The van der Waals surface area contributed by atoms with Crippen LogP contribution in [0.3, 0.4) is 0 Å². The third kappa shape index (κ3) is 6.10. The number of urea groups is 2. The van der Waals surface area contributed by atoms with Crippen LogP contribution in [-0.2, 0) is 13.1 Å². The lowest BCUT2D eigenvalue weighted by molar-refractivity contribution is 0.251. The van der Waals surface area contributed by atoms with E-state index in [0.29, 0.717) is 24.5 Å². The van der Waals surface area contributed by atoms with Gasteiger partial charge in [0.05, 0.1) is 0 Å². The molecule has 6 heteroatoms. The zero-order chi connectivity index (χ0) is 20.5. The van der Waals surface area contributed by atoms with E-state index in [-0.39, 0.29) is 12.1 Å². The molecular formula is C23H24N4O2. The van der Waals surface area contributed by atoms with Crippen molar-refractivity contribution in [2.75, 3.05) is 10.6 Å². The van der Waals surface area contributed by atoms with Gasteiger partial charge in [0.2, 0.25) is 0 Å². The Balaban J connectivity index is 1.54. The lowest BCUT2D eigenvalue weighted by Gasteiger charge is -2.14. The van der Waals surface area contributed by atoms with Crippen LogP contribution < -0.4 is 21.3 Å². The largest absolute Gasteiger partial charge is 0.334 e. The highest BCUT2D eigenvalue weighted by Crippen LogP contribution is 2.23. The summed E-state index contributed by atoms with van der Waals surface area (Å²) in [6.45, 7) is 2.72. The topological polar surface area (TPSA) is 82.3 Å². The van der Waals surface area contributed by atoms with Crippen molar-refractivity contribution in [1.82, 2.24) is 10.6 Å². The van der Waals surface area contributed by atoms with Crippen LogP contribution in [0.25, 0.3) is 0 Å². The summed E-state index contributed by atoms with van der Waals surface area (Å²) in [5.74, 6) is 0. The number of rotatable bonds is 6. The second-order valence-electron chi connectivity index (χ2n) is 6.56. The first-order chi connectivity index (χ1) is 14.1. The molecule has 0 aliphatic carbocycles. The van der Waals surface area contributed by atoms with E-state index in [1.54, 1.807) is 18.2 Å². The molecule has 0 bridgehead atoms. The SMILES string of the molecule is Cc1c(NC(=O)NCc2ccccc2)cccc1NC(=O)NCc1ccccc1. The molecule has 0 saturated carbocycles. The van der Waals surface area contributed by atoms with Gasteiger partial charge in [-0.1, -0.05) is 66.7 Å². The van der Waals surface area contributed by atoms with Crippen LogP contribution in [-0.4, -0.2) is 12.1 Å². The fourth-order valence-electron chi connectivity index (χ4n) is 2.80. The number of carbonyl (C=O) groups is 2. The fourth-order valence-corrected chi connectivity index (χ4v) is 2.80. The third-order valence-electron chi connectivity index (χ3n) is 4.42. The van der Waals surface area contributed by atoms with Gasteiger partial charge in [-0.3, -0.25) is 0 Å². The number of hydrogen-bond acceptors (Lipinski definition) is 2. The Kier molecular flexibility index (Phi) is 6.84. The first kappa shape index (κ1) is 19.9. The molecule has 6 nitrogen and oxygen atoms in total. The second kappa shape index (κ2) is 9.94. The maximum atomic E-state index is 12.2. The number of carbonyl (C=O) groups excluding carboxylic acids is 2. The predicted molar refractivity (Wildman–Crippen MR) is 116 cm³/mol. The van der Waals surface area contributed by atoms with Crippen LogP contribution >= 0.6 is 0 Å². The number of anilines is 2. The molecule has 4 N–H and O–H groups in total. The van der Waals surface area contributed by atoms with Gasteiger partial charge in [0, 0.05) is 24.5 Å².